The minimum Gasteiger partial charge on any atom is -0.366 e. The summed E-state index contributed by atoms with van der Waals surface area (Å²) in [5.74, 6) is 0.812. The molecule has 0 saturated carbocycles. The van der Waals surface area contributed by atoms with Crippen LogP contribution in [0, 0.1) is 0 Å². The fourth-order valence-electron chi connectivity index (χ4n) is 3.37. The normalized spacial score (nSPS) is 19.8. The number of pyridine rings is 1. The van der Waals surface area contributed by atoms with Gasteiger partial charge in [0, 0.05) is 37.9 Å². The maximum absolute atomic E-state index is 12.5. The second-order valence-corrected chi connectivity index (χ2v) is 6.61. The van der Waals surface area contributed by atoms with Crippen LogP contribution in [0.15, 0.2) is 18.5 Å². The smallest absolute Gasteiger partial charge is 0.366 e. The highest BCUT2D eigenvalue weighted by molar-refractivity contribution is 6.33. The minimum absolute atomic E-state index is 0.409. The lowest BCUT2D eigenvalue weighted by Gasteiger charge is -2.35. The molecule has 2 aliphatic heterocycles. The molecule has 4 rings (SSSR count). The van der Waals surface area contributed by atoms with E-state index in [-0.39, 0.29) is 0 Å². The molecule has 0 spiro atoms. The Morgan fingerprint density at radius 1 is 1.38 bits per heavy atom. The van der Waals surface area contributed by atoms with Gasteiger partial charge in [0.25, 0.3) is 0 Å². The first-order valence-corrected chi connectivity index (χ1v) is 7.97. The molecule has 128 valence electrons. The number of aromatic nitrogens is 3. The summed E-state index contributed by atoms with van der Waals surface area (Å²) in [5, 5.41) is 4.18. The fraction of sp³-hybridized carbons (Fsp3) is 0.467. The first kappa shape index (κ1) is 15.6. The van der Waals surface area contributed by atoms with Crippen LogP contribution in [-0.4, -0.2) is 47.1 Å². The number of anilines is 2. The van der Waals surface area contributed by atoms with Gasteiger partial charge >= 0.3 is 6.18 Å². The topological polar surface area (TPSA) is 37.2 Å². The number of nitrogens with zero attached hydrogens (tertiary/aromatic N) is 5. The average Bonchev–Trinajstić information content (AvgIpc) is 3.11. The number of hydrogen-bond acceptors (Lipinski definition) is 4. The Labute approximate surface area is 141 Å². The summed E-state index contributed by atoms with van der Waals surface area (Å²) in [4.78, 5) is 9.00. The summed E-state index contributed by atoms with van der Waals surface area (Å²) < 4.78 is 38.3. The molecule has 2 bridgehead atoms. The summed E-state index contributed by atoms with van der Waals surface area (Å²) in [6.07, 6.45) is -0.567. The lowest BCUT2D eigenvalue weighted by molar-refractivity contribution is -0.142. The van der Waals surface area contributed by atoms with Gasteiger partial charge in [-0.1, -0.05) is 11.6 Å². The highest BCUT2D eigenvalue weighted by Gasteiger charge is 2.35. The quantitative estimate of drug-likeness (QED) is 0.827. The predicted molar refractivity (Wildman–Crippen MR) is 85.5 cm³/mol. The number of alkyl halides is 3. The Kier molecular flexibility index (Phi) is 3.42. The van der Waals surface area contributed by atoms with Crippen LogP contribution in [-0.2, 0) is 6.54 Å². The highest BCUT2D eigenvalue weighted by atomic mass is 35.5. The van der Waals surface area contributed by atoms with E-state index < -0.39 is 12.7 Å². The van der Waals surface area contributed by atoms with Crippen molar-refractivity contribution in [2.24, 2.45) is 0 Å². The van der Waals surface area contributed by atoms with Crippen LogP contribution < -0.4 is 9.80 Å². The predicted octanol–water partition coefficient (Wildman–Crippen LogP) is 3.19. The third kappa shape index (κ3) is 2.58. The first-order chi connectivity index (χ1) is 11.3. The zero-order valence-electron chi connectivity index (χ0n) is 12.9. The zero-order valence-corrected chi connectivity index (χ0v) is 13.6. The summed E-state index contributed by atoms with van der Waals surface area (Å²) in [5.41, 5.74) is 1.91. The summed E-state index contributed by atoms with van der Waals surface area (Å²) in [6.45, 7) is 0.776. The first-order valence-electron chi connectivity index (χ1n) is 7.60. The lowest BCUT2D eigenvalue weighted by Crippen LogP contribution is -2.40. The summed E-state index contributed by atoms with van der Waals surface area (Å²) in [6, 6.07) is 2.25. The second-order valence-electron chi connectivity index (χ2n) is 6.20. The van der Waals surface area contributed by atoms with Crippen molar-refractivity contribution >= 4 is 23.1 Å². The molecule has 0 radical (unpaired) electrons. The zero-order chi connectivity index (χ0) is 17.1. The summed E-state index contributed by atoms with van der Waals surface area (Å²) >= 11 is 6.35. The van der Waals surface area contributed by atoms with Crippen molar-refractivity contribution < 1.29 is 13.2 Å². The molecule has 24 heavy (non-hydrogen) atoms. The van der Waals surface area contributed by atoms with Gasteiger partial charge < -0.3 is 9.80 Å². The number of fused-ring (bicyclic) bond motifs is 4. The Balaban J connectivity index is 1.72. The van der Waals surface area contributed by atoms with Gasteiger partial charge in [-0.3, -0.25) is 4.68 Å². The third-order valence-corrected chi connectivity index (χ3v) is 4.86. The molecule has 9 heteroatoms. The largest absolute Gasteiger partial charge is 0.408 e. The van der Waals surface area contributed by atoms with Crippen molar-refractivity contribution in [2.45, 2.75) is 25.2 Å². The second kappa shape index (κ2) is 5.27. The van der Waals surface area contributed by atoms with E-state index in [2.05, 4.69) is 19.9 Å². The van der Waals surface area contributed by atoms with Crippen molar-refractivity contribution in [3.8, 4) is 11.3 Å². The molecular formula is C15H15ClF3N5. The Bertz CT molecular complexity index is 788. The molecule has 2 aromatic heterocycles. The van der Waals surface area contributed by atoms with Crippen molar-refractivity contribution in [3.05, 3.63) is 23.5 Å². The van der Waals surface area contributed by atoms with Crippen LogP contribution in [0.4, 0.5) is 24.7 Å². The van der Waals surface area contributed by atoms with Gasteiger partial charge in [0.15, 0.2) is 5.82 Å². The molecule has 1 unspecified atom stereocenters. The Hall–Kier alpha value is -1.96. The Morgan fingerprint density at radius 3 is 2.92 bits per heavy atom. The number of rotatable bonds is 2. The molecule has 1 saturated heterocycles. The van der Waals surface area contributed by atoms with Crippen LogP contribution in [0.1, 0.15) is 6.42 Å². The van der Waals surface area contributed by atoms with E-state index in [9.17, 15) is 13.2 Å². The molecular weight excluding hydrogens is 343 g/mol. The van der Waals surface area contributed by atoms with Gasteiger partial charge in [0.05, 0.1) is 22.6 Å². The molecule has 2 aliphatic rings. The maximum Gasteiger partial charge on any atom is 0.408 e. The molecule has 0 N–H and O–H groups in total. The number of halogens is 4. The molecule has 4 heterocycles. The van der Waals surface area contributed by atoms with Gasteiger partial charge in [0.2, 0.25) is 0 Å². The van der Waals surface area contributed by atoms with Crippen LogP contribution in [0.2, 0.25) is 5.02 Å². The van der Waals surface area contributed by atoms with Gasteiger partial charge in [0.1, 0.15) is 6.54 Å². The molecule has 0 amide bonds. The molecule has 1 fully saturated rings. The Morgan fingerprint density at radius 2 is 2.17 bits per heavy atom. The van der Waals surface area contributed by atoms with Crippen molar-refractivity contribution in [1.29, 1.82) is 0 Å². The molecule has 0 aromatic carbocycles. The van der Waals surface area contributed by atoms with E-state index in [4.69, 9.17) is 11.6 Å². The lowest BCUT2D eigenvalue weighted by atomic mass is 10.1. The maximum atomic E-state index is 12.5. The molecule has 1 atom stereocenters. The van der Waals surface area contributed by atoms with Crippen molar-refractivity contribution in [2.75, 3.05) is 29.9 Å². The average molecular weight is 358 g/mol. The van der Waals surface area contributed by atoms with E-state index in [1.807, 2.05) is 13.1 Å². The van der Waals surface area contributed by atoms with Crippen LogP contribution in [0.3, 0.4) is 0 Å². The summed E-state index contributed by atoms with van der Waals surface area (Å²) in [7, 11) is 1.99. The third-order valence-electron chi connectivity index (χ3n) is 4.57. The van der Waals surface area contributed by atoms with Gasteiger partial charge in [-0.05, 0) is 12.5 Å². The number of likely N-dealkylation sites (N-methyl/N-ethyl adjacent to an activating group) is 1. The van der Waals surface area contributed by atoms with E-state index in [1.54, 1.807) is 0 Å². The van der Waals surface area contributed by atoms with Gasteiger partial charge in [-0.15, -0.1) is 0 Å². The van der Waals surface area contributed by atoms with Crippen molar-refractivity contribution in [3.63, 3.8) is 0 Å². The fourth-order valence-corrected chi connectivity index (χ4v) is 3.62. The van der Waals surface area contributed by atoms with Crippen LogP contribution >= 0.6 is 11.6 Å². The van der Waals surface area contributed by atoms with E-state index >= 15 is 0 Å². The SMILES string of the molecule is CN1c2nc(-c3cnn(CC(F)(F)F)c3)c(Cl)cc2N2CCC1C2. The number of hydrogen-bond donors (Lipinski definition) is 0. The van der Waals surface area contributed by atoms with Crippen molar-refractivity contribution in [1.82, 2.24) is 14.8 Å². The van der Waals surface area contributed by atoms with Gasteiger partial charge in [-0.25, -0.2) is 4.98 Å². The van der Waals surface area contributed by atoms with E-state index in [0.29, 0.717) is 22.3 Å². The standard InChI is InChI=1S/C15H15ClF3N5/c1-22-10-2-3-23(7-10)12-4-11(16)13(21-14(12)22)9-5-20-24(6-9)8-15(17,18)19/h4-6,10H,2-3,7-8H2,1H3. The monoisotopic (exact) mass is 357 g/mol. The molecule has 2 aromatic rings. The molecule has 5 nitrogen and oxygen atoms in total. The van der Waals surface area contributed by atoms with E-state index in [1.165, 1.54) is 12.4 Å². The molecule has 0 aliphatic carbocycles. The van der Waals surface area contributed by atoms with Crippen LogP contribution in [0.5, 0.6) is 0 Å². The van der Waals surface area contributed by atoms with Gasteiger partial charge in [-0.2, -0.15) is 18.3 Å². The highest BCUT2D eigenvalue weighted by Crippen LogP contribution is 2.42. The van der Waals surface area contributed by atoms with Crippen LogP contribution in [0.25, 0.3) is 11.3 Å². The minimum atomic E-state index is -4.32. The van der Waals surface area contributed by atoms with E-state index in [0.717, 1.165) is 35.7 Å².